The molecule has 1 radical (unpaired) electrons. The Balaban J connectivity index is 2.57. The van der Waals surface area contributed by atoms with Crippen LogP contribution in [0.2, 0.25) is 0 Å². The number of hydrogen-bond donors (Lipinski definition) is 1. The summed E-state index contributed by atoms with van der Waals surface area (Å²) < 4.78 is 0. The van der Waals surface area contributed by atoms with Crippen molar-refractivity contribution in [2.24, 2.45) is 0 Å². The van der Waals surface area contributed by atoms with Crippen molar-refractivity contribution in [1.82, 2.24) is 0 Å². The van der Waals surface area contributed by atoms with E-state index in [0.29, 0.717) is 0 Å². The molecular formula is C14H21O. The molecule has 0 aromatic heterocycles. The van der Waals surface area contributed by atoms with Crippen molar-refractivity contribution in [2.75, 3.05) is 0 Å². The minimum Gasteiger partial charge on any atom is -0.386 e. The first-order valence-electron chi connectivity index (χ1n) is 5.70. The molecule has 0 bridgehead atoms. The van der Waals surface area contributed by atoms with Crippen LogP contribution >= 0.6 is 0 Å². The molecule has 1 aromatic rings. The third-order valence-corrected chi connectivity index (χ3v) is 2.55. The maximum Gasteiger partial charge on any atom is 0.0840 e. The fraction of sp³-hybridized carbons (Fsp3) is 0.500. The lowest BCUT2D eigenvalue weighted by Gasteiger charge is -2.17. The van der Waals surface area contributed by atoms with Gasteiger partial charge in [-0.25, -0.2) is 0 Å². The molecule has 1 rings (SSSR count). The van der Waals surface area contributed by atoms with Gasteiger partial charge in [-0.3, -0.25) is 0 Å². The minimum absolute atomic E-state index is 0.734. The highest BCUT2D eigenvalue weighted by Gasteiger charge is 2.14. The Morgan fingerprint density at radius 1 is 1.20 bits per heavy atom. The highest BCUT2D eigenvalue weighted by molar-refractivity contribution is 5.30. The first kappa shape index (κ1) is 12.3. The normalized spacial score (nSPS) is 11.7. The maximum atomic E-state index is 9.78. The first-order valence-corrected chi connectivity index (χ1v) is 5.70. The predicted octanol–water partition coefficient (Wildman–Crippen LogP) is 3.66. The largest absolute Gasteiger partial charge is 0.386 e. The molecule has 1 aromatic carbocycles. The third-order valence-electron chi connectivity index (χ3n) is 2.55. The number of rotatable bonds is 5. The smallest absolute Gasteiger partial charge is 0.0840 e. The van der Waals surface area contributed by atoms with Crippen molar-refractivity contribution in [1.29, 1.82) is 0 Å². The summed E-state index contributed by atoms with van der Waals surface area (Å²) >= 11 is 0. The molecule has 15 heavy (non-hydrogen) atoms. The van der Waals surface area contributed by atoms with Crippen LogP contribution in [-0.2, 0) is 5.60 Å². The van der Waals surface area contributed by atoms with Crippen molar-refractivity contribution >= 4 is 0 Å². The van der Waals surface area contributed by atoms with Crippen LogP contribution in [0.25, 0.3) is 0 Å². The van der Waals surface area contributed by atoms with Crippen LogP contribution in [0.15, 0.2) is 24.3 Å². The Bertz CT molecular complexity index is 279. The molecule has 0 saturated carbocycles. The van der Waals surface area contributed by atoms with Gasteiger partial charge in [-0.2, -0.15) is 0 Å². The van der Waals surface area contributed by atoms with Crippen LogP contribution in [0, 0.1) is 6.42 Å². The average molecular weight is 205 g/mol. The summed E-state index contributed by atoms with van der Waals surface area (Å²) in [6.45, 7) is 5.82. The zero-order chi connectivity index (χ0) is 11.3. The van der Waals surface area contributed by atoms with E-state index < -0.39 is 5.60 Å². The maximum absolute atomic E-state index is 9.78. The Morgan fingerprint density at radius 2 is 1.80 bits per heavy atom. The van der Waals surface area contributed by atoms with Gasteiger partial charge in [0.05, 0.1) is 5.60 Å². The molecule has 0 amide bonds. The molecule has 83 valence electrons. The molecule has 0 saturated heterocycles. The Morgan fingerprint density at radius 3 is 2.27 bits per heavy atom. The molecule has 0 aliphatic rings. The lowest BCUT2D eigenvalue weighted by atomic mass is 9.96. The topological polar surface area (TPSA) is 20.2 Å². The second-order valence-corrected chi connectivity index (χ2v) is 4.53. The minimum atomic E-state index is -0.734. The Hall–Kier alpha value is -0.820. The number of benzene rings is 1. The van der Waals surface area contributed by atoms with Gasteiger partial charge in [-0.05, 0) is 37.8 Å². The zero-order valence-corrected chi connectivity index (χ0v) is 9.96. The summed E-state index contributed by atoms with van der Waals surface area (Å²) in [6, 6.07) is 8.14. The van der Waals surface area contributed by atoms with Crippen LogP contribution in [-0.4, -0.2) is 5.11 Å². The van der Waals surface area contributed by atoms with Gasteiger partial charge in [0, 0.05) is 0 Å². The standard InChI is InChI=1S/C14H21O/c1-4-5-6-7-12-8-10-13(11-9-12)14(2,3)15/h7-11,15H,4-6H2,1-3H3. The molecular weight excluding hydrogens is 184 g/mol. The quantitative estimate of drug-likeness (QED) is 0.727. The molecule has 0 fully saturated rings. The van der Waals surface area contributed by atoms with E-state index in [-0.39, 0.29) is 0 Å². The number of hydrogen-bond acceptors (Lipinski definition) is 1. The van der Waals surface area contributed by atoms with Crippen LogP contribution in [0.5, 0.6) is 0 Å². The number of unbranched alkanes of at least 4 members (excludes halogenated alkanes) is 2. The van der Waals surface area contributed by atoms with E-state index in [0.717, 1.165) is 12.0 Å². The summed E-state index contributed by atoms with van der Waals surface area (Å²) in [5, 5.41) is 9.78. The predicted molar refractivity (Wildman–Crippen MR) is 64.6 cm³/mol. The molecule has 1 N–H and O–H groups in total. The molecule has 0 aliphatic heterocycles. The van der Waals surface area contributed by atoms with Gasteiger partial charge in [-0.1, -0.05) is 44.0 Å². The van der Waals surface area contributed by atoms with Crippen molar-refractivity contribution < 1.29 is 5.11 Å². The average Bonchev–Trinajstić information content (AvgIpc) is 2.18. The summed E-state index contributed by atoms with van der Waals surface area (Å²) in [6.07, 6.45) is 5.86. The summed E-state index contributed by atoms with van der Waals surface area (Å²) in [4.78, 5) is 0. The third kappa shape index (κ3) is 4.05. The van der Waals surface area contributed by atoms with E-state index in [4.69, 9.17) is 0 Å². The highest BCUT2D eigenvalue weighted by Crippen LogP contribution is 2.20. The van der Waals surface area contributed by atoms with Gasteiger partial charge < -0.3 is 5.11 Å². The van der Waals surface area contributed by atoms with E-state index in [1.807, 2.05) is 26.0 Å². The van der Waals surface area contributed by atoms with Gasteiger partial charge in [0.25, 0.3) is 0 Å². The molecule has 0 aliphatic carbocycles. The van der Waals surface area contributed by atoms with E-state index in [2.05, 4.69) is 25.5 Å². The molecule has 0 spiro atoms. The Labute approximate surface area is 93.1 Å². The second kappa shape index (κ2) is 5.32. The van der Waals surface area contributed by atoms with Gasteiger partial charge in [0.2, 0.25) is 0 Å². The zero-order valence-electron chi connectivity index (χ0n) is 9.96. The lowest BCUT2D eigenvalue weighted by molar-refractivity contribution is 0.0786. The van der Waals surface area contributed by atoms with Crippen molar-refractivity contribution in [3.8, 4) is 0 Å². The fourth-order valence-electron chi connectivity index (χ4n) is 1.50. The monoisotopic (exact) mass is 205 g/mol. The molecule has 1 heteroatoms. The van der Waals surface area contributed by atoms with Gasteiger partial charge in [0.1, 0.15) is 0 Å². The van der Waals surface area contributed by atoms with Crippen LogP contribution in [0.4, 0.5) is 0 Å². The van der Waals surface area contributed by atoms with Crippen molar-refractivity contribution in [2.45, 2.75) is 45.6 Å². The fourth-order valence-corrected chi connectivity index (χ4v) is 1.50. The SMILES string of the molecule is CCCC[CH]c1ccc(C(C)(C)O)cc1. The van der Waals surface area contributed by atoms with Gasteiger partial charge >= 0.3 is 0 Å². The Kier molecular flexibility index (Phi) is 4.34. The molecule has 0 atom stereocenters. The van der Waals surface area contributed by atoms with E-state index in [1.165, 1.54) is 18.4 Å². The van der Waals surface area contributed by atoms with Crippen LogP contribution in [0.3, 0.4) is 0 Å². The molecule has 0 heterocycles. The van der Waals surface area contributed by atoms with Crippen molar-refractivity contribution in [3.63, 3.8) is 0 Å². The van der Waals surface area contributed by atoms with Crippen LogP contribution in [0.1, 0.15) is 51.2 Å². The molecule has 1 nitrogen and oxygen atoms in total. The summed E-state index contributed by atoms with van der Waals surface area (Å²) in [5.74, 6) is 0. The second-order valence-electron chi connectivity index (χ2n) is 4.53. The first-order chi connectivity index (χ1) is 7.04. The van der Waals surface area contributed by atoms with Crippen molar-refractivity contribution in [3.05, 3.63) is 41.8 Å². The molecule has 0 unspecified atom stereocenters. The lowest BCUT2D eigenvalue weighted by Crippen LogP contribution is -2.15. The van der Waals surface area contributed by atoms with E-state index in [9.17, 15) is 5.11 Å². The van der Waals surface area contributed by atoms with Gasteiger partial charge in [0.15, 0.2) is 0 Å². The van der Waals surface area contributed by atoms with Crippen LogP contribution < -0.4 is 0 Å². The van der Waals surface area contributed by atoms with E-state index in [1.54, 1.807) is 0 Å². The highest BCUT2D eigenvalue weighted by atomic mass is 16.3. The summed E-state index contributed by atoms with van der Waals surface area (Å²) in [5.41, 5.74) is 1.48. The van der Waals surface area contributed by atoms with E-state index >= 15 is 0 Å². The summed E-state index contributed by atoms with van der Waals surface area (Å²) in [7, 11) is 0. The number of aliphatic hydroxyl groups is 1. The van der Waals surface area contributed by atoms with Gasteiger partial charge in [-0.15, -0.1) is 0 Å².